The lowest BCUT2D eigenvalue weighted by atomic mass is 10.1. The van der Waals surface area contributed by atoms with Crippen molar-refractivity contribution >= 4 is 29.0 Å². The van der Waals surface area contributed by atoms with E-state index in [1.807, 2.05) is 4.90 Å². The fraction of sp³-hybridized carbons (Fsp3) is 0.318. The molecule has 2 aromatic rings. The molecule has 1 atom stereocenters. The number of amides is 2. The molecule has 152 valence electrons. The van der Waals surface area contributed by atoms with E-state index in [0.717, 1.165) is 6.42 Å². The first-order valence-corrected chi connectivity index (χ1v) is 9.56. The van der Waals surface area contributed by atoms with Crippen LogP contribution in [-0.2, 0) is 9.59 Å². The van der Waals surface area contributed by atoms with Crippen LogP contribution >= 0.6 is 0 Å². The maximum Gasteiger partial charge on any atom is 0.241 e. The minimum Gasteiger partial charge on any atom is -0.497 e. The van der Waals surface area contributed by atoms with E-state index in [2.05, 4.69) is 10.6 Å². The molecule has 1 aliphatic heterocycles. The summed E-state index contributed by atoms with van der Waals surface area (Å²) in [5.41, 5.74) is 1.64. The van der Waals surface area contributed by atoms with Gasteiger partial charge >= 0.3 is 0 Å². The molecule has 0 aliphatic carbocycles. The molecule has 2 N–H and O–H groups in total. The first-order valence-electron chi connectivity index (χ1n) is 9.56. The van der Waals surface area contributed by atoms with Crippen LogP contribution in [0.15, 0.2) is 48.5 Å². The van der Waals surface area contributed by atoms with E-state index in [1.54, 1.807) is 55.6 Å². The molecule has 2 aromatic carbocycles. The third-order valence-corrected chi connectivity index (χ3v) is 4.95. The standard InChI is InChI=1S/C22H25N3O4/c1-15(26)18-6-3-4-7-19(18)24-21(27)14-25-13-5-8-20(25)22(28)23-16-9-11-17(29-2)12-10-16/h3-4,6-7,9-12,20H,5,8,13-14H2,1-2H3,(H,23,28)(H,24,27). The smallest absolute Gasteiger partial charge is 0.241 e. The van der Waals surface area contributed by atoms with Gasteiger partial charge in [-0.3, -0.25) is 19.3 Å². The van der Waals surface area contributed by atoms with Gasteiger partial charge in [0.25, 0.3) is 0 Å². The van der Waals surface area contributed by atoms with Gasteiger partial charge in [-0.15, -0.1) is 0 Å². The zero-order valence-corrected chi connectivity index (χ0v) is 16.6. The minimum atomic E-state index is -0.370. The molecule has 7 heteroatoms. The zero-order chi connectivity index (χ0) is 20.8. The first-order chi connectivity index (χ1) is 14.0. The minimum absolute atomic E-state index is 0.0902. The number of likely N-dealkylation sites (tertiary alicyclic amines) is 1. The topological polar surface area (TPSA) is 87.7 Å². The van der Waals surface area contributed by atoms with Crippen molar-refractivity contribution in [2.75, 3.05) is 30.8 Å². The Hall–Kier alpha value is -3.19. The van der Waals surface area contributed by atoms with Crippen molar-refractivity contribution in [3.05, 3.63) is 54.1 Å². The number of carbonyl (C=O) groups excluding carboxylic acids is 3. The van der Waals surface area contributed by atoms with E-state index in [-0.39, 0.29) is 30.2 Å². The number of nitrogens with one attached hydrogen (secondary N) is 2. The lowest BCUT2D eigenvalue weighted by Gasteiger charge is -2.23. The summed E-state index contributed by atoms with van der Waals surface area (Å²) in [6.07, 6.45) is 1.54. The van der Waals surface area contributed by atoms with Crippen LogP contribution in [0.4, 0.5) is 11.4 Å². The second-order valence-corrected chi connectivity index (χ2v) is 7.00. The summed E-state index contributed by atoms with van der Waals surface area (Å²) in [5.74, 6) is 0.222. The monoisotopic (exact) mass is 395 g/mol. The Balaban J connectivity index is 1.60. The number of nitrogens with zero attached hydrogens (tertiary/aromatic N) is 1. The number of anilines is 2. The number of benzene rings is 2. The summed E-state index contributed by atoms with van der Waals surface area (Å²) in [6.45, 7) is 2.22. The molecule has 1 fully saturated rings. The van der Waals surface area contributed by atoms with Gasteiger partial charge in [0.05, 0.1) is 25.4 Å². The Bertz CT molecular complexity index is 895. The molecule has 0 aromatic heterocycles. The molecule has 0 saturated carbocycles. The van der Waals surface area contributed by atoms with Crippen LogP contribution in [0.1, 0.15) is 30.1 Å². The van der Waals surface area contributed by atoms with E-state index in [0.29, 0.717) is 35.7 Å². The second-order valence-electron chi connectivity index (χ2n) is 7.00. The van der Waals surface area contributed by atoms with Gasteiger partial charge in [-0.05, 0) is 62.7 Å². The van der Waals surface area contributed by atoms with Crippen molar-refractivity contribution in [2.45, 2.75) is 25.8 Å². The Morgan fingerprint density at radius 3 is 2.48 bits per heavy atom. The molecular weight excluding hydrogens is 370 g/mol. The number of ether oxygens (including phenoxy) is 1. The van der Waals surface area contributed by atoms with E-state index >= 15 is 0 Å². The Labute approximate surface area is 170 Å². The highest BCUT2D eigenvalue weighted by Gasteiger charge is 2.32. The first kappa shape index (κ1) is 20.5. The van der Waals surface area contributed by atoms with Gasteiger partial charge < -0.3 is 15.4 Å². The van der Waals surface area contributed by atoms with Gasteiger partial charge in [0.15, 0.2) is 5.78 Å². The van der Waals surface area contributed by atoms with Crippen molar-refractivity contribution in [3.63, 3.8) is 0 Å². The van der Waals surface area contributed by atoms with Crippen molar-refractivity contribution in [1.82, 2.24) is 4.90 Å². The zero-order valence-electron chi connectivity index (χ0n) is 16.6. The van der Waals surface area contributed by atoms with E-state index < -0.39 is 0 Å². The van der Waals surface area contributed by atoms with Gasteiger partial charge in [0.1, 0.15) is 5.75 Å². The molecular formula is C22H25N3O4. The molecule has 1 saturated heterocycles. The number of hydrogen-bond acceptors (Lipinski definition) is 5. The third kappa shape index (κ3) is 5.20. The lowest BCUT2D eigenvalue weighted by Crippen LogP contribution is -2.43. The largest absolute Gasteiger partial charge is 0.497 e. The summed E-state index contributed by atoms with van der Waals surface area (Å²) in [7, 11) is 1.59. The van der Waals surface area contributed by atoms with Crippen LogP contribution < -0.4 is 15.4 Å². The van der Waals surface area contributed by atoms with Gasteiger partial charge in [-0.2, -0.15) is 0 Å². The van der Waals surface area contributed by atoms with Crippen LogP contribution in [0.5, 0.6) is 5.75 Å². The van der Waals surface area contributed by atoms with E-state index in [1.165, 1.54) is 6.92 Å². The molecule has 2 amide bonds. The van der Waals surface area contributed by atoms with Crippen LogP contribution in [-0.4, -0.2) is 48.7 Å². The Morgan fingerprint density at radius 1 is 1.07 bits per heavy atom. The van der Waals surface area contributed by atoms with Gasteiger partial charge in [-0.25, -0.2) is 0 Å². The summed E-state index contributed by atoms with van der Waals surface area (Å²) in [6, 6.07) is 13.7. The molecule has 0 bridgehead atoms. The maximum absolute atomic E-state index is 12.7. The molecule has 3 rings (SSSR count). The number of rotatable bonds is 7. The highest BCUT2D eigenvalue weighted by atomic mass is 16.5. The molecule has 29 heavy (non-hydrogen) atoms. The molecule has 0 spiro atoms. The quantitative estimate of drug-likeness (QED) is 0.704. The average Bonchev–Trinajstić information content (AvgIpc) is 3.17. The lowest BCUT2D eigenvalue weighted by molar-refractivity contribution is -0.122. The van der Waals surface area contributed by atoms with Gasteiger partial charge in [0.2, 0.25) is 11.8 Å². The van der Waals surface area contributed by atoms with Crippen LogP contribution in [0.3, 0.4) is 0 Å². The van der Waals surface area contributed by atoms with Gasteiger partial charge in [0, 0.05) is 11.3 Å². The number of Topliss-reactive ketones (excluding diaryl/α,β-unsaturated/α-hetero) is 1. The summed E-state index contributed by atoms with van der Waals surface area (Å²) < 4.78 is 5.12. The number of ketones is 1. The number of carbonyl (C=O) groups is 3. The Morgan fingerprint density at radius 2 is 1.79 bits per heavy atom. The van der Waals surface area contributed by atoms with E-state index in [9.17, 15) is 14.4 Å². The molecule has 1 heterocycles. The second kappa shape index (κ2) is 9.34. The average molecular weight is 395 g/mol. The number of para-hydroxylation sites is 1. The molecule has 1 unspecified atom stereocenters. The predicted octanol–water partition coefficient (Wildman–Crippen LogP) is 2.94. The third-order valence-electron chi connectivity index (χ3n) is 4.95. The predicted molar refractivity (Wildman–Crippen MR) is 111 cm³/mol. The molecule has 0 radical (unpaired) electrons. The highest BCUT2D eigenvalue weighted by Crippen LogP contribution is 2.21. The fourth-order valence-electron chi connectivity index (χ4n) is 3.49. The van der Waals surface area contributed by atoms with Crippen LogP contribution in [0.2, 0.25) is 0 Å². The maximum atomic E-state index is 12.7. The Kier molecular flexibility index (Phi) is 6.61. The van der Waals surface area contributed by atoms with Gasteiger partial charge in [-0.1, -0.05) is 12.1 Å². The van der Waals surface area contributed by atoms with Crippen molar-refractivity contribution in [3.8, 4) is 5.75 Å². The number of methoxy groups -OCH3 is 1. The van der Waals surface area contributed by atoms with Crippen molar-refractivity contribution < 1.29 is 19.1 Å². The summed E-state index contributed by atoms with van der Waals surface area (Å²) in [4.78, 5) is 38.8. The van der Waals surface area contributed by atoms with Crippen LogP contribution in [0, 0.1) is 0 Å². The molecule has 1 aliphatic rings. The summed E-state index contributed by atoms with van der Waals surface area (Å²) >= 11 is 0. The molecule has 7 nitrogen and oxygen atoms in total. The summed E-state index contributed by atoms with van der Waals surface area (Å²) in [5, 5.41) is 5.69. The number of hydrogen-bond donors (Lipinski definition) is 2. The highest BCUT2D eigenvalue weighted by molar-refractivity contribution is 6.04. The SMILES string of the molecule is COc1ccc(NC(=O)C2CCCN2CC(=O)Nc2ccccc2C(C)=O)cc1. The van der Waals surface area contributed by atoms with Crippen molar-refractivity contribution in [1.29, 1.82) is 0 Å². The normalized spacial score (nSPS) is 16.3. The van der Waals surface area contributed by atoms with Crippen molar-refractivity contribution in [2.24, 2.45) is 0 Å². The fourth-order valence-corrected chi connectivity index (χ4v) is 3.49. The van der Waals surface area contributed by atoms with Crippen LogP contribution in [0.25, 0.3) is 0 Å². The van der Waals surface area contributed by atoms with E-state index in [4.69, 9.17) is 4.74 Å².